The predicted molar refractivity (Wildman–Crippen MR) is 140 cm³/mol. The van der Waals surface area contributed by atoms with E-state index >= 15 is 0 Å². The molecule has 36 heavy (non-hydrogen) atoms. The summed E-state index contributed by atoms with van der Waals surface area (Å²) in [5.74, 6) is -0.208. The maximum atomic E-state index is 13.2. The van der Waals surface area contributed by atoms with Crippen molar-refractivity contribution in [3.8, 4) is 0 Å². The zero-order valence-corrected chi connectivity index (χ0v) is 22.0. The van der Waals surface area contributed by atoms with Gasteiger partial charge in [-0.25, -0.2) is 17.9 Å². The molecule has 0 spiro atoms. The van der Waals surface area contributed by atoms with E-state index in [1.54, 1.807) is 6.08 Å². The summed E-state index contributed by atoms with van der Waals surface area (Å²) in [6, 6.07) is -0.303. The first-order valence-electron chi connectivity index (χ1n) is 11.9. The van der Waals surface area contributed by atoms with E-state index in [-0.39, 0.29) is 42.7 Å². The molecule has 0 aromatic rings. The van der Waals surface area contributed by atoms with E-state index in [1.165, 1.54) is 28.9 Å². The average Bonchev–Trinajstić information content (AvgIpc) is 2.82. The van der Waals surface area contributed by atoms with Crippen LogP contribution in [0.25, 0.3) is 0 Å². The average molecular weight is 520 g/mol. The van der Waals surface area contributed by atoms with Gasteiger partial charge in [-0.1, -0.05) is 38.8 Å². The van der Waals surface area contributed by atoms with E-state index in [0.29, 0.717) is 22.5 Å². The summed E-state index contributed by atoms with van der Waals surface area (Å²) >= 11 is 0. The minimum atomic E-state index is -3.84. The van der Waals surface area contributed by atoms with Crippen LogP contribution in [0.1, 0.15) is 46.0 Å². The normalized spacial score (nSPS) is 20.6. The Kier molecular flexibility index (Phi) is 10.4. The molecule has 1 atom stereocenters. The van der Waals surface area contributed by atoms with Crippen molar-refractivity contribution in [3.05, 3.63) is 72.0 Å². The molecule has 1 unspecified atom stereocenters. The molecule has 10 heteroatoms. The number of allylic oxidation sites excluding steroid dienone is 5. The number of hydrogen-bond donors (Lipinski definition) is 2. The molecule has 0 bridgehead atoms. The standard InChI is InChI=1S/C26H37N3O6S/c1-18(12-13-21(4)36(33,34)27-14-15-30)19(2)16-25-22(5)29(23(6)31)20(3)17-28(25)26(32)35-24-10-8-7-9-11-24/h12-13,16,20,24,27,30H,1-2,4-5,7-11,14-15,17H2,3,6H3/b13-12-,25-16+. The first-order valence-corrected chi connectivity index (χ1v) is 13.4. The first kappa shape index (κ1) is 29.3. The lowest BCUT2D eigenvalue weighted by Gasteiger charge is -2.42. The number of ether oxygens (including phenoxy) is 1. The van der Waals surface area contributed by atoms with Crippen molar-refractivity contribution in [1.82, 2.24) is 14.5 Å². The summed E-state index contributed by atoms with van der Waals surface area (Å²) in [5.41, 5.74) is 1.44. The zero-order valence-electron chi connectivity index (χ0n) is 21.2. The molecule has 9 nitrogen and oxygen atoms in total. The Hall–Kier alpha value is -2.95. The van der Waals surface area contributed by atoms with Crippen LogP contribution in [0, 0.1) is 0 Å². The fourth-order valence-electron chi connectivity index (χ4n) is 4.13. The summed E-state index contributed by atoms with van der Waals surface area (Å²) in [7, 11) is -3.84. The van der Waals surface area contributed by atoms with Gasteiger partial charge in [-0.2, -0.15) is 0 Å². The molecule has 1 saturated heterocycles. The molecule has 1 aliphatic heterocycles. The van der Waals surface area contributed by atoms with Crippen molar-refractivity contribution < 1.29 is 27.9 Å². The number of nitrogens with zero attached hydrogens (tertiary/aromatic N) is 2. The highest BCUT2D eigenvalue weighted by molar-refractivity contribution is 7.93. The number of aliphatic hydroxyl groups excluding tert-OH is 1. The van der Waals surface area contributed by atoms with Crippen molar-refractivity contribution in [2.45, 2.75) is 58.1 Å². The van der Waals surface area contributed by atoms with E-state index in [9.17, 15) is 18.0 Å². The van der Waals surface area contributed by atoms with Crippen molar-refractivity contribution in [2.24, 2.45) is 0 Å². The lowest BCUT2D eigenvalue weighted by molar-refractivity contribution is -0.129. The van der Waals surface area contributed by atoms with Gasteiger partial charge < -0.3 is 14.7 Å². The van der Waals surface area contributed by atoms with E-state index in [1.807, 2.05) is 6.92 Å². The topological polar surface area (TPSA) is 116 Å². The summed E-state index contributed by atoms with van der Waals surface area (Å²) in [6.45, 7) is 18.5. The maximum absolute atomic E-state index is 13.2. The molecule has 2 fully saturated rings. The SMILES string of the molecule is C=C(/C=C\C(=C)S(=O)(=O)NCCO)C(=C)/C=C1\C(=C)N(C(C)=O)C(C)CN1C(=O)OC1CCCCC1. The number of carbonyl (C=O) groups is 2. The van der Waals surface area contributed by atoms with E-state index in [0.717, 1.165) is 32.1 Å². The Morgan fingerprint density at radius 3 is 2.36 bits per heavy atom. The Bertz CT molecular complexity index is 1080. The fourth-order valence-corrected chi connectivity index (χ4v) is 4.93. The summed E-state index contributed by atoms with van der Waals surface area (Å²) < 4.78 is 32.2. The van der Waals surface area contributed by atoms with Crippen LogP contribution in [0.4, 0.5) is 4.79 Å². The van der Waals surface area contributed by atoms with Gasteiger partial charge in [0, 0.05) is 20.0 Å². The zero-order chi connectivity index (χ0) is 27.0. The lowest BCUT2D eigenvalue weighted by Crippen LogP contribution is -2.52. The van der Waals surface area contributed by atoms with Crippen molar-refractivity contribution in [1.29, 1.82) is 0 Å². The number of amides is 2. The number of sulfonamides is 1. The molecule has 0 aromatic carbocycles. The second-order valence-corrected chi connectivity index (χ2v) is 10.8. The molecule has 1 heterocycles. The van der Waals surface area contributed by atoms with Crippen LogP contribution >= 0.6 is 0 Å². The number of piperazine rings is 1. The number of rotatable bonds is 9. The minimum absolute atomic E-state index is 0.130. The van der Waals surface area contributed by atoms with E-state index in [4.69, 9.17) is 9.84 Å². The Labute approximate surface area is 214 Å². The Morgan fingerprint density at radius 2 is 1.78 bits per heavy atom. The van der Waals surface area contributed by atoms with Gasteiger partial charge in [0.25, 0.3) is 0 Å². The highest BCUT2D eigenvalue weighted by Crippen LogP contribution is 2.31. The molecule has 1 aliphatic carbocycles. The molecular weight excluding hydrogens is 482 g/mol. The van der Waals surface area contributed by atoms with Crippen LogP contribution in [0.3, 0.4) is 0 Å². The maximum Gasteiger partial charge on any atom is 0.414 e. The van der Waals surface area contributed by atoms with Crippen molar-refractivity contribution >= 4 is 22.0 Å². The highest BCUT2D eigenvalue weighted by Gasteiger charge is 2.36. The van der Waals surface area contributed by atoms with Crippen LogP contribution in [-0.2, 0) is 19.6 Å². The quantitative estimate of drug-likeness (QED) is 0.451. The molecule has 1 saturated carbocycles. The van der Waals surface area contributed by atoms with Gasteiger partial charge in [0.2, 0.25) is 15.9 Å². The van der Waals surface area contributed by atoms with Crippen LogP contribution in [0.5, 0.6) is 0 Å². The highest BCUT2D eigenvalue weighted by atomic mass is 32.2. The largest absolute Gasteiger partial charge is 0.446 e. The van der Waals surface area contributed by atoms with Crippen LogP contribution in [-0.4, -0.2) is 67.2 Å². The summed E-state index contributed by atoms with van der Waals surface area (Å²) in [5, 5.41) is 8.83. The number of nitrogens with one attached hydrogen (secondary N) is 1. The Morgan fingerprint density at radius 1 is 1.14 bits per heavy atom. The second kappa shape index (κ2) is 12.8. The molecule has 0 aromatic heterocycles. The fraction of sp³-hybridized carbons (Fsp3) is 0.462. The number of hydrogen-bond acceptors (Lipinski definition) is 6. The molecule has 0 radical (unpaired) electrons. The molecular formula is C26H37N3O6S. The predicted octanol–water partition coefficient (Wildman–Crippen LogP) is 3.50. The third-order valence-electron chi connectivity index (χ3n) is 6.09. The van der Waals surface area contributed by atoms with Gasteiger partial charge >= 0.3 is 6.09 Å². The first-order chi connectivity index (χ1) is 16.9. The van der Waals surface area contributed by atoms with Crippen LogP contribution < -0.4 is 4.72 Å². The molecule has 198 valence electrons. The molecule has 2 amide bonds. The third-order valence-corrected chi connectivity index (χ3v) is 7.50. The van der Waals surface area contributed by atoms with Gasteiger partial charge in [0.1, 0.15) is 6.10 Å². The van der Waals surface area contributed by atoms with Crippen LogP contribution in [0.15, 0.2) is 72.0 Å². The minimum Gasteiger partial charge on any atom is -0.446 e. The molecule has 2 rings (SSSR count). The van der Waals surface area contributed by atoms with E-state index < -0.39 is 16.1 Å². The van der Waals surface area contributed by atoms with Gasteiger partial charge in [-0.15, -0.1) is 0 Å². The van der Waals surface area contributed by atoms with Gasteiger partial charge in [0.15, 0.2) is 0 Å². The number of carbonyl (C=O) groups excluding carboxylic acids is 2. The van der Waals surface area contributed by atoms with Crippen molar-refractivity contribution in [2.75, 3.05) is 19.7 Å². The smallest absolute Gasteiger partial charge is 0.414 e. The van der Waals surface area contributed by atoms with Crippen molar-refractivity contribution in [3.63, 3.8) is 0 Å². The lowest BCUT2D eigenvalue weighted by atomic mass is 9.98. The van der Waals surface area contributed by atoms with Gasteiger partial charge in [-0.3, -0.25) is 9.69 Å². The molecule has 2 N–H and O–H groups in total. The summed E-state index contributed by atoms with van der Waals surface area (Å²) in [4.78, 5) is 28.2. The van der Waals surface area contributed by atoms with Crippen LogP contribution in [0.2, 0.25) is 0 Å². The Balaban J connectivity index is 2.27. The monoisotopic (exact) mass is 519 g/mol. The van der Waals surface area contributed by atoms with E-state index in [2.05, 4.69) is 31.0 Å². The second-order valence-electron chi connectivity index (χ2n) is 8.94. The van der Waals surface area contributed by atoms with Gasteiger partial charge in [-0.05, 0) is 55.9 Å². The van der Waals surface area contributed by atoms with Gasteiger partial charge in [0.05, 0.1) is 28.9 Å². The summed E-state index contributed by atoms with van der Waals surface area (Å²) in [6.07, 6.45) is 8.44. The third kappa shape index (κ3) is 7.52. The molecule has 2 aliphatic rings. The number of aliphatic hydroxyl groups is 1.